The zero-order valence-corrected chi connectivity index (χ0v) is 13.5. The molecule has 3 rings (SSSR count). The number of amides is 1. The fourth-order valence-electron chi connectivity index (χ4n) is 2.36. The molecular weight excluding hydrogens is 324 g/mol. The van der Waals surface area contributed by atoms with Gasteiger partial charge in [-0.1, -0.05) is 17.7 Å². The van der Waals surface area contributed by atoms with E-state index in [1.807, 2.05) is 12.1 Å². The molecule has 6 nitrogen and oxygen atoms in total. The predicted molar refractivity (Wildman–Crippen MR) is 86.5 cm³/mol. The third-order valence-electron chi connectivity index (χ3n) is 3.36. The molecule has 1 fully saturated rings. The molecule has 2 heterocycles. The van der Waals surface area contributed by atoms with E-state index in [2.05, 4.69) is 14.7 Å². The van der Waals surface area contributed by atoms with Crippen molar-refractivity contribution in [3.63, 3.8) is 0 Å². The summed E-state index contributed by atoms with van der Waals surface area (Å²) in [5, 5.41) is 4.41. The Kier molecular flexibility index (Phi) is 4.56. The van der Waals surface area contributed by atoms with Crippen molar-refractivity contribution in [2.24, 2.45) is 0 Å². The van der Waals surface area contributed by atoms with E-state index in [4.69, 9.17) is 16.3 Å². The highest BCUT2D eigenvalue weighted by atomic mass is 35.5. The van der Waals surface area contributed by atoms with Gasteiger partial charge in [0.15, 0.2) is 5.82 Å². The fraction of sp³-hybridized carbons (Fsp3) is 0.357. The summed E-state index contributed by atoms with van der Waals surface area (Å²) in [6.07, 6.45) is 0.713. The van der Waals surface area contributed by atoms with Crippen LogP contribution in [0.15, 0.2) is 24.3 Å². The summed E-state index contributed by atoms with van der Waals surface area (Å²) in [6.45, 7) is 1.02. The Morgan fingerprint density at radius 2 is 2.41 bits per heavy atom. The lowest BCUT2D eigenvalue weighted by Crippen LogP contribution is -2.33. The number of rotatable bonds is 5. The van der Waals surface area contributed by atoms with Crippen LogP contribution in [0.1, 0.15) is 12.2 Å². The third kappa shape index (κ3) is 3.21. The van der Waals surface area contributed by atoms with Gasteiger partial charge in [-0.25, -0.2) is 4.98 Å². The molecule has 8 heteroatoms. The van der Waals surface area contributed by atoms with Gasteiger partial charge in [-0.3, -0.25) is 4.79 Å². The van der Waals surface area contributed by atoms with Gasteiger partial charge in [-0.15, -0.1) is 0 Å². The molecule has 1 aliphatic heterocycles. The van der Waals surface area contributed by atoms with Crippen LogP contribution in [-0.2, 0) is 16.1 Å². The van der Waals surface area contributed by atoms with Crippen molar-refractivity contribution in [3.8, 4) is 0 Å². The maximum atomic E-state index is 12.5. The van der Waals surface area contributed by atoms with Gasteiger partial charge >= 0.3 is 0 Å². The summed E-state index contributed by atoms with van der Waals surface area (Å²) in [6, 6.07) is 7.02. The summed E-state index contributed by atoms with van der Waals surface area (Å²) in [5.41, 5.74) is 0.819. The molecule has 1 saturated heterocycles. The lowest BCUT2D eigenvalue weighted by atomic mass is 10.2. The second-order valence-electron chi connectivity index (χ2n) is 4.90. The zero-order chi connectivity index (χ0) is 15.5. The maximum absolute atomic E-state index is 12.5. The van der Waals surface area contributed by atoms with E-state index in [0.29, 0.717) is 35.6 Å². The molecule has 116 valence electrons. The third-order valence-corrected chi connectivity index (χ3v) is 4.28. The lowest BCUT2D eigenvalue weighted by molar-refractivity contribution is -0.117. The number of nitrogens with one attached hydrogen (secondary N) is 1. The standard InChI is InChI=1S/C14H15ClN4O2S/c1-21-8-12-17-14(22-18-12)16-11-5-6-19(13(11)20)10-4-2-3-9(15)7-10/h2-4,7,11H,5-6,8H2,1H3,(H,16,17,18). The van der Waals surface area contributed by atoms with Crippen LogP contribution in [0, 0.1) is 0 Å². The highest BCUT2D eigenvalue weighted by molar-refractivity contribution is 7.09. The molecule has 2 aromatic rings. The Morgan fingerprint density at radius 1 is 1.55 bits per heavy atom. The highest BCUT2D eigenvalue weighted by Gasteiger charge is 2.33. The highest BCUT2D eigenvalue weighted by Crippen LogP contribution is 2.26. The number of carbonyl (C=O) groups is 1. The largest absolute Gasteiger partial charge is 0.377 e. The van der Waals surface area contributed by atoms with Gasteiger partial charge in [0.05, 0.1) is 0 Å². The number of benzene rings is 1. The number of methoxy groups -OCH3 is 1. The molecular formula is C14H15ClN4O2S. The Bertz CT molecular complexity index is 678. The van der Waals surface area contributed by atoms with E-state index in [9.17, 15) is 4.79 Å². The van der Waals surface area contributed by atoms with E-state index < -0.39 is 0 Å². The number of ether oxygens (including phenoxy) is 1. The van der Waals surface area contributed by atoms with E-state index in [1.165, 1.54) is 11.5 Å². The van der Waals surface area contributed by atoms with Gasteiger partial charge in [0.25, 0.3) is 0 Å². The summed E-state index contributed by atoms with van der Waals surface area (Å²) < 4.78 is 9.15. The van der Waals surface area contributed by atoms with Crippen LogP contribution in [0.5, 0.6) is 0 Å². The van der Waals surface area contributed by atoms with Gasteiger partial charge in [0.2, 0.25) is 11.0 Å². The molecule has 1 N–H and O–H groups in total. The number of aromatic nitrogens is 2. The van der Waals surface area contributed by atoms with Gasteiger partial charge in [-0.2, -0.15) is 4.37 Å². The van der Waals surface area contributed by atoms with Crippen LogP contribution in [0.2, 0.25) is 5.02 Å². The SMILES string of the molecule is COCc1nsc(NC2CCN(c3cccc(Cl)c3)C2=O)n1. The van der Waals surface area contributed by atoms with E-state index >= 15 is 0 Å². The molecule has 1 aliphatic rings. The number of halogens is 1. The molecule has 0 aliphatic carbocycles. The molecule has 1 atom stereocenters. The molecule has 0 bridgehead atoms. The second-order valence-corrected chi connectivity index (χ2v) is 6.09. The van der Waals surface area contributed by atoms with Crippen LogP contribution in [0.3, 0.4) is 0 Å². The van der Waals surface area contributed by atoms with Crippen molar-refractivity contribution < 1.29 is 9.53 Å². The Hall–Kier alpha value is -1.70. The monoisotopic (exact) mass is 338 g/mol. The minimum absolute atomic E-state index is 0.0192. The van der Waals surface area contributed by atoms with Gasteiger partial charge < -0.3 is 15.0 Å². The quantitative estimate of drug-likeness (QED) is 0.907. The van der Waals surface area contributed by atoms with Crippen molar-refractivity contribution in [2.75, 3.05) is 23.9 Å². The fourth-order valence-corrected chi connectivity index (χ4v) is 3.17. The molecule has 22 heavy (non-hydrogen) atoms. The van der Waals surface area contributed by atoms with Crippen molar-refractivity contribution in [2.45, 2.75) is 19.1 Å². The molecule has 1 amide bonds. The van der Waals surface area contributed by atoms with E-state index in [1.54, 1.807) is 24.1 Å². The maximum Gasteiger partial charge on any atom is 0.249 e. The first-order chi connectivity index (χ1) is 10.7. The second kappa shape index (κ2) is 6.60. The summed E-state index contributed by atoms with van der Waals surface area (Å²) in [4.78, 5) is 18.5. The number of anilines is 2. The van der Waals surface area contributed by atoms with Crippen molar-refractivity contribution >= 4 is 39.9 Å². The van der Waals surface area contributed by atoms with Crippen LogP contribution >= 0.6 is 23.1 Å². The van der Waals surface area contributed by atoms with E-state index in [-0.39, 0.29) is 11.9 Å². The Morgan fingerprint density at radius 3 is 3.18 bits per heavy atom. The molecule has 1 aromatic heterocycles. The topological polar surface area (TPSA) is 67.3 Å². The van der Waals surface area contributed by atoms with Gasteiger partial charge in [-0.05, 0) is 24.6 Å². The average Bonchev–Trinajstić information content (AvgIpc) is 3.08. The van der Waals surface area contributed by atoms with Gasteiger partial charge in [0, 0.05) is 35.9 Å². The Labute approximate surface area is 137 Å². The van der Waals surface area contributed by atoms with Crippen molar-refractivity contribution in [1.82, 2.24) is 9.36 Å². The number of hydrogen-bond acceptors (Lipinski definition) is 6. The van der Waals surface area contributed by atoms with Crippen LogP contribution in [0.25, 0.3) is 0 Å². The first-order valence-corrected chi connectivity index (χ1v) is 7.97. The molecule has 0 saturated carbocycles. The van der Waals surface area contributed by atoms with Crippen LogP contribution < -0.4 is 10.2 Å². The lowest BCUT2D eigenvalue weighted by Gasteiger charge is -2.17. The number of carbonyl (C=O) groups excluding carboxylic acids is 1. The molecule has 1 aromatic carbocycles. The zero-order valence-electron chi connectivity index (χ0n) is 12.0. The normalized spacial score (nSPS) is 18.0. The number of nitrogens with zero attached hydrogens (tertiary/aromatic N) is 3. The van der Waals surface area contributed by atoms with Crippen molar-refractivity contribution in [3.05, 3.63) is 35.1 Å². The first kappa shape index (κ1) is 15.2. The predicted octanol–water partition coefficient (Wildman–Crippen LogP) is 2.56. The minimum Gasteiger partial charge on any atom is -0.377 e. The first-order valence-electron chi connectivity index (χ1n) is 6.82. The number of hydrogen-bond donors (Lipinski definition) is 1. The summed E-state index contributed by atoms with van der Waals surface area (Å²) in [5.74, 6) is 0.637. The van der Waals surface area contributed by atoms with Crippen LogP contribution in [-0.4, -0.2) is 35.0 Å². The van der Waals surface area contributed by atoms with Gasteiger partial charge in [0.1, 0.15) is 12.6 Å². The molecule has 0 radical (unpaired) electrons. The minimum atomic E-state index is -0.290. The summed E-state index contributed by atoms with van der Waals surface area (Å²) >= 11 is 7.22. The Balaban J connectivity index is 1.68. The molecule has 0 spiro atoms. The van der Waals surface area contributed by atoms with E-state index in [0.717, 1.165) is 5.69 Å². The summed E-state index contributed by atoms with van der Waals surface area (Å²) in [7, 11) is 1.59. The molecule has 1 unspecified atom stereocenters. The average molecular weight is 339 g/mol. The van der Waals surface area contributed by atoms with Crippen LogP contribution in [0.4, 0.5) is 10.8 Å². The smallest absolute Gasteiger partial charge is 0.249 e. The van der Waals surface area contributed by atoms with Crippen molar-refractivity contribution in [1.29, 1.82) is 0 Å².